The van der Waals surface area contributed by atoms with Crippen molar-refractivity contribution >= 4 is 15.7 Å². The van der Waals surface area contributed by atoms with Crippen LogP contribution in [-0.4, -0.2) is 19.9 Å². The molecule has 0 saturated heterocycles. The first kappa shape index (κ1) is 20.6. The van der Waals surface area contributed by atoms with Crippen LogP contribution in [0.25, 0.3) is 0 Å². The number of hydrogen-bond acceptors (Lipinski definition) is 4. The summed E-state index contributed by atoms with van der Waals surface area (Å²) in [6.07, 6.45) is 10.6. The van der Waals surface area contributed by atoms with Gasteiger partial charge in [0.25, 0.3) is 5.69 Å². The van der Waals surface area contributed by atoms with Gasteiger partial charge in [0.2, 0.25) is 10.0 Å². The normalized spacial score (nSPS) is 11.5. The monoisotopic (exact) mass is 356 g/mol. The van der Waals surface area contributed by atoms with Gasteiger partial charge in [-0.1, -0.05) is 58.3 Å². The van der Waals surface area contributed by atoms with Crippen LogP contribution in [0.5, 0.6) is 0 Å². The highest BCUT2D eigenvalue weighted by Crippen LogP contribution is 2.15. The third-order valence-electron chi connectivity index (χ3n) is 3.93. The van der Waals surface area contributed by atoms with E-state index >= 15 is 0 Å². The second kappa shape index (κ2) is 11.1. The number of nitro groups is 1. The van der Waals surface area contributed by atoms with E-state index in [4.69, 9.17) is 0 Å². The van der Waals surface area contributed by atoms with Gasteiger partial charge < -0.3 is 0 Å². The highest BCUT2D eigenvalue weighted by Gasteiger charge is 2.14. The van der Waals surface area contributed by atoms with Crippen molar-refractivity contribution in [3.63, 3.8) is 0 Å². The van der Waals surface area contributed by atoms with Crippen molar-refractivity contribution < 1.29 is 13.3 Å². The zero-order valence-corrected chi connectivity index (χ0v) is 15.2. The minimum absolute atomic E-state index is 0.0593. The molecule has 0 spiro atoms. The van der Waals surface area contributed by atoms with E-state index in [-0.39, 0.29) is 10.6 Å². The summed E-state index contributed by atoms with van der Waals surface area (Å²) in [5, 5.41) is 10.6. The Labute approximate surface area is 144 Å². The molecule has 6 nitrogen and oxygen atoms in total. The van der Waals surface area contributed by atoms with E-state index < -0.39 is 14.9 Å². The van der Waals surface area contributed by atoms with Gasteiger partial charge in [0.15, 0.2) is 0 Å². The smallest absolute Gasteiger partial charge is 0.258 e. The van der Waals surface area contributed by atoms with Gasteiger partial charge in [0.1, 0.15) is 0 Å². The Balaban J connectivity index is 2.20. The van der Waals surface area contributed by atoms with Gasteiger partial charge in [-0.05, 0) is 18.6 Å². The molecule has 0 heterocycles. The molecule has 0 fully saturated rings. The van der Waals surface area contributed by atoms with Crippen LogP contribution in [0.2, 0.25) is 0 Å². The lowest BCUT2D eigenvalue weighted by Crippen LogP contribution is -2.24. The minimum atomic E-state index is -3.58. The fourth-order valence-electron chi connectivity index (χ4n) is 2.47. The number of rotatable bonds is 13. The van der Waals surface area contributed by atoms with Crippen molar-refractivity contribution in [3.05, 3.63) is 34.4 Å². The van der Waals surface area contributed by atoms with Gasteiger partial charge >= 0.3 is 0 Å². The molecule has 0 bridgehead atoms. The van der Waals surface area contributed by atoms with E-state index in [1.165, 1.54) is 62.8 Å². The Kier molecular flexibility index (Phi) is 9.56. The number of non-ortho nitro benzene ring substituents is 1. The third kappa shape index (κ3) is 7.88. The van der Waals surface area contributed by atoms with Gasteiger partial charge in [-0.2, -0.15) is 0 Å². The van der Waals surface area contributed by atoms with Crippen molar-refractivity contribution in [1.82, 2.24) is 4.72 Å². The van der Waals surface area contributed by atoms with E-state index in [1.54, 1.807) is 0 Å². The summed E-state index contributed by atoms with van der Waals surface area (Å²) in [6.45, 7) is 2.60. The van der Waals surface area contributed by atoms with Crippen molar-refractivity contribution in [2.45, 2.75) is 69.6 Å². The maximum absolute atomic E-state index is 12.1. The predicted molar refractivity (Wildman–Crippen MR) is 95.5 cm³/mol. The first-order valence-corrected chi connectivity index (χ1v) is 10.2. The van der Waals surface area contributed by atoms with Crippen LogP contribution >= 0.6 is 0 Å². The van der Waals surface area contributed by atoms with Crippen molar-refractivity contribution in [3.8, 4) is 0 Å². The van der Waals surface area contributed by atoms with Crippen LogP contribution in [-0.2, 0) is 10.0 Å². The van der Waals surface area contributed by atoms with Crippen LogP contribution in [0.3, 0.4) is 0 Å². The van der Waals surface area contributed by atoms with Crippen LogP contribution in [0, 0.1) is 10.1 Å². The molecular formula is C17H28N2O4S. The fraction of sp³-hybridized carbons (Fsp3) is 0.647. The minimum Gasteiger partial charge on any atom is -0.258 e. The average molecular weight is 356 g/mol. The van der Waals surface area contributed by atoms with Gasteiger partial charge in [-0.25, -0.2) is 13.1 Å². The Morgan fingerprint density at radius 2 is 1.42 bits per heavy atom. The molecule has 0 atom stereocenters. The molecule has 0 aliphatic rings. The molecule has 1 N–H and O–H groups in total. The summed E-state index contributed by atoms with van der Waals surface area (Å²) in [4.78, 5) is 10.1. The Hall–Kier alpha value is -1.47. The van der Waals surface area contributed by atoms with E-state index in [1.807, 2.05) is 0 Å². The van der Waals surface area contributed by atoms with Crippen molar-refractivity contribution in [1.29, 1.82) is 0 Å². The van der Waals surface area contributed by atoms with Gasteiger partial charge in [-0.15, -0.1) is 0 Å². The topological polar surface area (TPSA) is 89.3 Å². The summed E-state index contributed by atoms with van der Waals surface area (Å²) >= 11 is 0. The van der Waals surface area contributed by atoms with Crippen LogP contribution < -0.4 is 4.72 Å². The van der Waals surface area contributed by atoms with Crippen LogP contribution in [0.4, 0.5) is 5.69 Å². The van der Waals surface area contributed by atoms with Crippen molar-refractivity contribution in [2.75, 3.05) is 6.54 Å². The molecule has 0 aliphatic heterocycles. The molecule has 0 aromatic heterocycles. The standard InChI is InChI=1S/C17H28N2O4S/c1-2-3-4-5-6-7-8-9-10-15-18-24(22,23)17-13-11-16(12-14-17)19(20)21/h11-14,18H,2-10,15H2,1H3. The summed E-state index contributed by atoms with van der Waals surface area (Å²) < 4.78 is 26.7. The summed E-state index contributed by atoms with van der Waals surface area (Å²) in [7, 11) is -3.58. The summed E-state index contributed by atoms with van der Waals surface area (Å²) in [5.74, 6) is 0. The quantitative estimate of drug-likeness (QED) is 0.322. The Morgan fingerprint density at radius 1 is 0.917 bits per heavy atom. The second-order valence-electron chi connectivity index (χ2n) is 5.98. The first-order chi connectivity index (χ1) is 11.5. The van der Waals surface area contributed by atoms with E-state index in [0.717, 1.165) is 19.3 Å². The number of hydrogen-bond donors (Lipinski definition) is 1. The number of benzene rings is 1. The summed E-state index contributed by atoms with van der Waals surface area (Å²) in [5.41, 5.74) is -0.118. The highest BCUT2D eigenvalue weighted by atomic mass is 32.2. The zero-order valence-electron chi connectivity index (χ0n) is 14.4. The zero-order chi connectivity index (χ0) is 17.8. The second-order valence-corrected chi connectivity index (χ2v) is 7.74. The van der Waals surface area contributed by atoms with Gasteiger partial charge in [0.05, 0.1) is 9.82 Å². The molecule has 1 aromatic rings. The average Bonchev–Trinajstić information content (AvgIpc) is 2.56. The van der Waals surface area contributed by atoms with Crippen molar-refractivity contribution in [2.24, 2.45) is 0 Å². The number of nitrogens with zero attached hydrogens (tertiary/aromatic N) is 1. The fourth-order valence-corrected chi connectivity index (χ4v) is 3.55. The maximum atomic E-state index is 12.1. The molecule has 24 heavy (non-hydrogen) atoms. The molecular weight excluding hydrogens is 328 g/mol. The molecule has 1 aromatic carbocycles. The molecule has 1 rings (SSSR count). The van der Waals surface area contributed by atoms with Crippen LogP contribution in [0.15, 0.2) is 29.2 Å². The molecule has 0 unspecified atom stereocenters. The largest absolute Gasteiger partial charge is 0.269 e. The lowest BCUT2D eigenvalue weighted by Gasteiger charge is -2.06. The van der Waals surface area contributed by atoms with E-state index in [9.17, 15) is 18.5 Å². The number of nitrogens with one attached hydrogen (secondary N) is 1. The number of sulfonamides is 1. The van der Waals surface area contributed by atoms with Gasteiger partial charge in [0, 0.05) is 18.7 Å². The molecule has 0 saturated carbocycles. The highest BCUT2D eigenvalue weighted by molar-refractivity contribution is 7.89. The maximum Gasteiger partial charge on any atom is 0.269 e. The Morgan fingerprint density at radius 3 is 1.92 bits per heavy atom. The number of unbranched alkanes of at least 4 members (excludes halogenated alkanes) is 8. The predicted octanol–water partition coefficient (Wildman–Crippen LogP) is 4.40. The number of nitro benzene ring substituents is 1. The lowest BCUT2D eigenvalue weighted by atomic mass is 10.1. The molecule has 0 radical (unpaired) electrons. The SMILES string of the molecule is CCCCCCCCCCCNS(=O)(=O)c1ccc([N+](=O)[O-])cc1. The summed E-state index contributed by atoms with van der Waals surface area (Å²) in [6, 6.07) is 4.92. The van der Waals surface area contributed by atoms with Crippen LogP contribution in [0.1, 0.15) is 64.7 Å². The van der Waals surface area contributed by atoms with E-state index in [2.05, 4.69) is 11.6 Å². The molecule has 136 valence electrons. The third-order valence-corrected chi connectivity index (χ3v) is 5.41. The molecule has 0 aliphatic carbocycles. The first-order valence-electron chi connectivity index (χ1n) is 8.71. The molecule has 0 amide bonds. The Bertz CT molecular complexity index is 585. The lowest BCUT2D eigenvalue weighted by molar-refractivity contribution is -0.384. The van der Waals surface area contributed by atoms with E-state index in [0.29, 0.717) is 6.54 Å². The molecule has 7 heteroatoms. The van der Waals surface area contributed by atoms with Gasteiger partial charge in [-0.3, -0.25) is 10.1 Å².